The number of carbonyl (C=O) groups excluding carboxylic acids is 2. The smallest absolute Gasteiger partial charge is 0.315 e. The van der Waals surface area contributed by atoms with E-state index in [1.165, 1.54) is 6.42 Å². The van der Waals surface area contributed by atoms with E-state index < -0.39 is 6.04 Å². The first-order chi connectivity index (χ1) is 12.0. The lowest BCUT2D eigenvalue weighted by Gasteiger charge is -2.41. The van der Waals surface area contributed by atoms with Gasteiger partial charge in [0.1, 0.15) is 6.04 Å². The summed E-state index contributed by atoms with van der Waals surface area (Å²) in [5, 5.41) is 10.0. The molecule has 0 unspecified atom stereocenters. The Hall–Kier alpha value is -2.09. The van der Waals surface area contributed by atoms with Crippen LogP contribution < -0.4 is 15.5 Å². The van der Waals surface area contributed by atoms with Gasteiger partial charge in [-0.2, -0.15) is 5.10 Å². The van der Waals surface area contributed by atoms with Crippen molar-refractivity contribution >= 4 is 17.8 Å². The quantitative estimate of drug-likeness (QED) is 0.803. The second kappa shape index (κ2) is 7.43. The minimum Gasteiger partial charge on any atom is -0.384 e. The molecule has 2 fully saturated rings. The summed E-state index contributed by atoms with van der Waals surface area (Å²) in [4.78, 5) is 26.5. The van der Waals surface area contributed by atoms with Gasteiger partial charge < -0.3 is 15.4 Å². The van der Waals surface area contributed by atoms with Crippen LogP contribution in [0.3, 0.4) is 0 Å². The number of methoxy groups -OCH3 is 1. The number of piperidine rings is 1. The molecule has 8 nitrogen and oxygen atoms in total. The van der Waals surface area contributed by atoms with Gasteiger partial charge in [-0.15, -0.1) is 0 Å². The second-order valence-corrected chi connectivity index (χ2v) is 7.15. The highest BCUT2D eigenvalue weighted by molar-refractivity contribution is 5.99. The number of nitrogens with one attached hydrogen (secondary N) is 2. The largest absolute Gasteiger partial charge is 0.384 e. The predicted molar refractivity (Wildman–Crippen MR) is 93.3 cm³/mol. The normalized spacial score (nSPS) is 22.4. The maximum absolute atomic E-state index is 12.7. The molecule has 0 radical (unpaired) electrons. The summed E-state index contributed by atoms with van der Waals surface area (Å²) >= 11 is 0. The molecule has 0 aromatic carbocycles. The van der Waals surface area contributed by atoms with Crippen molar-refractivity contribution in [1.82, 2.24) is 20.4 Å². The molecule has 2 N–H and O–H groups in total. The maximum Gasteiger partial charge on any atom is 0.315 e. The first kappa shape index (κ1) is 17.7. The zero-order valence-corrected chi connectivity index (χ0v) is 15.0. The molecule has 0 spiro atoms. The SMILES string of the molecule is COCC1(CNC(=O)N[C@H]2CCCN(c3ccn(C)n3)C2=O)CCC1. The fourth-order valence-corrected chi connectivity index (χ4v) is 3.62. The number of urea groups is 1. The summed E-state index contributed by atoms with van der Waals surface area (Å²) in [5.41, 5.74) is 0.0582. The van der Waals surface area contributed by atoms with Crippen LogP contribution in [-0.4, -0.2) is 54.6 Å². The molecule has 1 aromatic rings. The average molecular weight is 349 g/mol. The van der Waals surface area contributed by atoms with E-state index in [-0.39, 0.29) is 17.4 Å². The molecule has 2 heterocycles. The van der Waals surface area contributed by atoms with E-state index in [4.69, 9.17) is 4.74 Å². The molecule has 25 heavy (non-hydrogen) atoms. The molecule has 1 saturated carbocycles. The Labute approximate surface area is 147 Å². The molecule has 0 bridgehead atoms. The minimum absolute atomic E-state index is 0.0582. The molecule has 3 amide bonds. The summed E-state index contributed by atoms with van der Waals surface area (Å²) in [6.45, 7) is 1.87. The molecular weight excluding hydrogens is 322 g/mol. The van der Waals surface area contributed by atoms with Gasteiger partial charge in [0.25, 0.3) is 5.91 Å². The van der Waals surface area contributed by atoms with Gasteiger partial charge in [0.05, 0.1) is 6.61 Å². The summed E-state index contributed by atoms with van der Waals surface area (Å²) in [6, 6.07) is 1.02. The van der Waals surface area contributed by atoms with E-state index in [0.717, 1.165) is 19.3 Å². The molecule has 1 saturated heterocycles. The van der Waals surface area contributed by atoms with Crippen molar-refractivity contribution in [2.45, 2.75) is 38.1 Å². The molecule has 138 valence electrons. The van der Waals surface area contributed by atoms with E-state index in [0.29, 0.717) is 31.9 Å². The van der Waals surface area contributed by atoms with E-state index in [2.05, 4.69) is 15.7 Å². The minimum atomic E-state index is -0.504. The van der Waals surface area contributed by atoms with Gasteiger partial charge in [0, 0.05) is 44.9 Å². The van der Waals surface area contributed by atoms with Crippen LogP contribution in [0.1, 0.15) is 32.1 Å². The van der Waals surface area contributed by atoms with Gasteiger partial charge in [-0.25, -0.2) is 4.79 Å². The lowest BCUT2D eigenvalue weighted by atomic mass is 9.69. The number of ether oxygens (including phenoxy) is 1. The molecule has 2 aliphatic rings. The third kappa shape index (κ3) is 3.95. The summed E-state index contributed by atoms with van der Waals surface area (Å²) in [5.74, 6) is 0.531. The fraction of sp³-hybridized carbons (Fsp3) is 0.706. The van der Waals surface area contributed by atoms with Crippen molar-refractivity contribution in [3.8, 4) is 0 Å². The van der Waals surface area contributed by atoms with E-state index >= 15 is 0 Å². The Morgan fingerprint density at radius 2 is 2.24 bits per heavy atom. The number of carbonyl (C=O) groups is 2. The van der Waals surface area contributed by atoms with Gasteiger partial charge in [0.15, 0.2) is 5.82 Å². The molecule has 3 rings (SSSR count). The van der Waals surface area contributed by atoms with Crippen molar-refractivity contribution < 1.29 is 14.3 Å². The first-order valence-electron chi connectivity index (χ1n) is 8.87. The van der Waals surface area contributed by atoms with Gasteiger partial charge >= 0.3 is 6.03 Å². The van der Waals surface area contributed by atoms with Crippen molar-refractivity contribution in [2.75, 3.05) is 31.7 Å². The van der Waals surface area contributed by atoms with Crippen LogP contribution >= 0.6 is 0 Å². The number of nitrogens with zero attached hydrogens (tertiary/aromatic N) is 3. The number of hydrogen-bond acceptors (Lipinski definition) is 4. The van der Waals surface area contributed by atoms with Crippen LogP contribution in [-0.2, 0) is 16.6 Å². The summed E-state index contributed by atoms with van der Waals surface area (Å²) in [6.07, 6.45) is 6.60. The highest BCUT2D eigenvalue weighted by atomic mass is 16.5. The van der Waals surface area contributed by atoms with Crippen molar-refractivity contribution in [3.05, 3.63) is 12.3 Å². The van der Waals surface area contributed by atoms with Gasteiger partial charge in [0.2, 0.25) is 0 Å². The Balaban J connectivity index is 1.53. The zero-order valence-electron chi connectivity index (χ0n) is 15.0. The number of aromatic nitrogens is 2. The fourth-order valence-electron chi connectivity index (χ4n) is 3.62. The maximum atomic E-state index is 12.7. The zero-order chi connectivity index (χ0) is 17.9. The van der Waals surface area contributed by atoms with Crippen LogP contribution in [0.2, 0.25) is 0 Å². The Kier molecular flexibility index (Phi) is 5.27. The highest BCUT2D eigenvalue weighted by Crippen LogP contribution is 2.40. The average Bonchev–Trinajstić information content (AvgIpc) is 2.98. The third-order valence-corrected chi connectivity index (χ3v) is 5.21. The van der Waals surface area contributed by atoms with Crippen molar-refractivity contribution in [1.29, 1.82) is 0 Å². The summed E-state index contributed by atoms with van der Waals surface area (Å²) in [7, 11) is 3.50. The third-order valence-electron chi connectivity index (χ3n) is 5.21. The monoisotopic (exact) mass is 349 g/mol. The molecule has 1 aliphatic heterocycles. The lowest BCUT2D eigenvalue weighted by molar-refractivity contribution is -0.121. The lowest BCUT2D eigenvalue weighted by Crippen LogP contribution is -2.56. The number of rotatable bonds is 6. The summed E-state index contributed by atoms with van der Waals surface area (Å²) < 4.78 is 6.94. The predicted octanol–water partition coefficient (Wildman–Crippen LogP) is 1.03. The molecular formula is C17H27N5O3. The molecule has 1 aliphatic carbocycles. The van der Waals surface area contributed by atoms with E-state index in [1.54, 1.807) is 22.9 Å². The highest BCUT2D eigenvalue weighted by Gasteiger charge is 2.38. The van der Waals surface area contributed by atoms with Crippen molar-refractivity contribution in [3.63, 3.8) is 0 Å². The van der Waals surface area contributed by atoms with Crippen LogP contribution in [0.5, 0.6) is 0 Å². The van der Waals surface area contributed by atoms with Crippen molar-refractivity contribution in [2.24, 2.45) is 12.5 Å². The Morgan fingerprint density at radius 1 is 1.44 bits per heavy atom. The van der Waals surface area contributed by atoms with E-state index in [9.17, 15) is 9.59 Å². The number of amides is 3. The second-order valence-electron chi connectivity index (χ2n) is 7.15. The van der Waals surface area contributed by atoms with Crippen LogP contribution in [0.15, 0.2) is 12.3 Å². The first-order valence-corrected chi connectivity index (χ1v) is 8.87. The Bertz CT molecular complexity index is 626. The molecule has 1 aromatic heterocycles. The van der Waals surface area contributed by atoms with E-state index in [1.807, 2.05) is 13.1 Å². The van der Waals surface area contributed by atoms with Gasteiger partial charge in [-0.1, -0.05) is 6.42 Å². The standard InChI is InChI=1S/C17H27N5O3/c1-21-10-6-14(20-21)22-9-3-5-13(15(22)23)19-16(24)18-11-17(12-25-2)7-4-8-17/h6,10,13H,3-5,7-9,11-12H2,1-2H3,(H2,18,19,24)/t13-/m0/s1. The molecule has 1 atom stereocenters. The van der Waals surface area contributed by atoms with Crippen LogP contribution in [0.4, 0.5) is 10.6 Å². The number of anilines is 1. The van der Waals surface area contributed by atoms with Crippen LogP contribution in [0.25, 0.3) is 0 Å². The topological polar surface area (TPSA) is 88.5 Å². The Morgan fingerprint density at radius 3 is 2.84 bits per heavy atom. The number of aryl methyl sites for hydroxylation is 1. The van der Waals surface area contributed by atoms with Crippen LogP contribution in [0, 0.1) is 5.41 Å². The van der Waals surface area contributed by atoms with Gasteiger partial charge in [-0.3, -0.25) is 14.4 Å². The van der Waals surface area contributed by atoms with Gasteiger partial charge in [-0.05, 0) is 25.7 Å². The molecule has 8 heteroatoms. The number of hydrogen-bond donors (Lipinski definition) is 2.